The van der Waals surface area contributed by atoms with Crippen LogP contribution >= 0.6 is 0 Å². The van der Waals surface area contributed by atoms with Gasteiger partial charge in [0.2, 0.25) is 0 Å². The molecule has 3 nitrogen and oxygen atoms in total. The third kappa shape index (κ3) is 3.84. The molecule has 0 amide bonds. The summed E-state index contributed by atoms with van der Waals surface area (Å²) >= 11 is 0. The zero-order valence-electron chi connectivity index (χ0n) is 15.8. The van der Waals surface area contributed by atoms with Gasteiger partial charge >= 0.3 is 0 Å². The molecule has 1 N–H and O–H groups in total. The van der Waals surface area contributed by atoms with Crippen LogP contribution in [0.5, 0.6) is 5.75 Å². The van der Waals surface area contributed by atoms with Crippen molar-refractivity contribution in [1.29, 1.82) is 0 Å². The van der Waals surface area contributed by atoms with Crippen molar-refractivity contribution in [1.82, 2.24) is 9.88 Å². The van der Waals surface area contributed by atoms with Crippen LogP contribution in [0.2, 0.25) is 0 Å². The Morgan fingerprint density at radius 1 is 1.20 bits per heavy atom. The van der Waals surface area contributed by atoms with E-state index >= 15 is 0 Å². The number of aryl methyl sites for hydroxylation is 2. The fourth-order valence-electron chi connectivity index (χ4n) is 4.38. The van der Waals surface area contributed by atoms with Crippen molar-refractivity contribution in [2.24, 2.45) is 13.0 Å². The zero-order chi connectivity index (χ0) is 17.8. The maximum atomic E-state index is 14.8. The van der Waals surface area contributed by atoms with E-state index in [0.717, 1.165) is 54.0 Å². The van der Waals surface area contributed by atoms with Crippen LogP contribution < -0.4 is 10.1 Å². The molecule has 3 rings (SSSR count). The average molecular weight is 346 g/mol. The van der Waals surface area contributed by atoms with Crippen LogP contribution in [0.4, 0.5) is 4.39 Å². The maximum absolute atomic E-state index is 14.8. The monoisotopic (exact) mass is 346 g/mol. The van der Waals surface area contributed by atoms with Gasteiger partial charge in [-0.3, -0.25) is 0 Å². The molecular weight excluding hydrogens is 315 g/mol. The quantitative estimate of drug-likeness (QED) is 0.793. The van der Waals surface area contributed by atoms with E-state index < -0.39 is 0 Å². The molecule has 25 heavy (non-hydrogen) atoms. The van der Waals surface area contributed by atoms with Gasteiger partial charge in [0, 0.05) is 18.6 Å². The third-order valence-corrected chi connectivity index (χ3v) is 5.70. The number of likely N-dealkylation sites (N-methyl/N-ethyl adjacent to an activating group) is 1. The number of fused-ring (bicyclic) bond motifs is 1. The van der Waals surface area contributed by atoms with Crippen LogP contribution in [0.3, 0.4) is 0 Å². The molecule has 0 saturated heterocycles. The summed E-state index contributed by atoms with van der Waals surface area (Å²) in [6.07, 6.45) is 11.7. The first-order valence-corrected chi connectivity index (χ1v) is 9.63. The highest BCUT2D eigenvalue weighted by molar-refractivity contribution is 5.91. The molecule has 1 aromatic heterocycles. The Morgan fingerprint density at radius 2 is 1.96 bits per heavy atom. The molecule has 0 atom stereocenters. The van der Waals surface area contributed by atoms with E-state index in [-0.39, 0.29) is 5.82 Å². The molecule has 2 aromatic rings. The Labute approximate surface area is 150 Å². The highest BCUT2D eigenvalue weighted by Gasteiger charge is 2.21. The van der Waals surface area contributed by atoms with E-state index in [9.17, 15) is 4.39 Å². The molecule has 0 radical (unpaired) electrons. The van der Waals surface area contributed by atoms with Gasteiger partial charge in [-0.25, -0.2) is 4.39 Å². The summed E-state index contributed by atoms with van der Waals surface area (Å²) < 4.78 is 22.5. The predicted octanol–water partition coefficient (Wildman–Crippen LogP) is 4.60. The summed E-state index contributed by atoms with van der Waals surface area (Å²) in [5, 5.41) is 4.14. The van der Waals surface area contributed by atoms with E-state index in [1.54, 1.807) is 13.2 Å². The van der Waals surface area contributed by atoms with Crippen LogP contribution in [-0.4, -0.2) is 25.3 Å². The molecule has 1 saturated carbocycles. The summed E-state index contributed by atoms with van der Waals surface area (Å²) in [5.74, 6) is 1.53. The minimum Gasteiger partial charge on any atom is -0.496 e. The first kappa shape index (κ1) is 18.2. The van der Waals surface area contributed by atoms with Crippen molar-refractivity contribution in [3.05, 3.63) is 29.2 Å². The molecule has 1 fully saturated rings. The molecule has 0 bridgehead atoms. The van der Waals surface area contributed by atoms with Gasteiger partial charge in [0.15, 0.2) is 0 Å². The number of hydrogen-bond donors (Lipinski definition) is 1. The Balaban J connectivity index is 1.94. The van der Waals surface area contributed by atoms with Crippen LogP contribution in [0, 0.1) is 11.7 Å². The van der Waals surface area contributed by atoms with Crippen LogP contribution in [0.1, 0.15) is 49.7 Å². The molecule has 4 heteroatoms. The van der Waals surface area contributed by atoms with Gasteiger partial charge < -0.3 is 14.6 Å². The number of rotatable bonds is 7. The maximum Gasteiger partial charge on any atom is 0.147 e. The van der Waals surface area contributed by atoms with Gasteiger partial charge in [-0.1, -0.05) is 32.1 Å². The molecule has 1 aromatic carbocycles. The fraction of sp³-hybridized carbons (Fsp3) is 0.619. The van der Waals surface area contributed by atoms with Gasteiger partial charge in [0.25, 0.3) is 0 Å². The standard InChI is InChI=1S/C21H31FN2O/c1-23-12-11-17-14-24(2)20-18(22)13-16(21(25-3)19(17)20)10-9-15-7-5-4-6-8-15/h13-15,23H,4-12H2,1-3H3. The average Bonchev–Trinajstić information content (AvgIpc) is 2.96. The first-order valence-electron chi connectivity index (χ1n) is 9.63. The van der Waals surface area contributed by atoms with Gasteiger partial charge in [0.1, 0.15) is 11.6 Å². The molecular formula is C21H31FN2O. The minimum atomic E-state index is -0.132. The highest BCUT2D eigenvalue weighted by Crippen LogP contribution is 2.37. The number of methoxy groups -OCH3 is 1. The summed E-state index contributed by atoms with van der Waals surface area (Å²) in [6.45, 7) is 0.871. The number of nitrogens with zero attached hydrogens (tertiary/aromatic N) is 1. The second-order valence-corrected chi connectivity index (χ2v) is 7.44. The van der Waals surface area contributed by atoms with E-state index in [4.69, 9.17) is 4.74 Å². The molecule has 1 heterocycles. The van der Waals surface area contributed by atoms with Crippen LogP contribution in [0.25, 0.3) is 10.9 Å². The number of halogens is 1. The lowest BCUT2D eigenvalue weighted by molar-refractivity contribution is 0.336. The van der Waals surface area contributed by atoms with Crippen molar-refractivity contribution in [3.8, 4) is 5.75 Å². The number of ether oxygens (including phenoxy) is 1. The molecule has 138 valence electrons. The minimum absolute atomic E-state index is 0.132. The molecule has 0 unspecified atom stereocenters. The topological polar surface area (TPSA) is 26.2 Å². The lowest BCUT2D eigenvalue weighted by atomic mass is 9.85. The van der Waals surface area contributed by atoms with Crippen molar-refractivity contribution in [2.75, 3.05) is 20.7 Å². The number of hydrogen-bond acceptors (Lipinski definition) is 2. The second kappa shape index (κ2) is 8.22. The zero-order valence-corrected chi connectivity index (χ0v) is 15.8. The second-order valence-electron chi connectivity index (χ2n) is 7.44. The smallest absolute Gasteiger partial charge is 0.147 e. The largest absolute Gasteiger partial charge is 0.496 e. The van der Waals surface area contributed by atoms with E-state index in [0.29, 0.717) is 5.52 Å². The van der Waals surface area contributed by atoms with Gasteiger partial charge in [-0.05, 0) is 56.0 Å². The van der Waals surface area contributed by atoms with Crippen LogP contribution in [-0.2, 0) is 19.9 Å². The molecule has 0 spiro atoms. The Hall–Kier alpha value is -1.55. The highest BCUT2D eigenvalue weighted by atomic mass is 19.1. The number of nitrogens with one attached hydrogen (secondary N) is 1. The van der Waals surface area contributed by atoms with Gasteiger partial charge in [-0.15, -0.1) is 0 Å². The van der Waals surface area contributed by atoms with E-state index in [2.05, 4.69) is 5.32 Å². The molecule has 1 aliphatic carbocycles. The summed E-state index contributed by atoms with van der Waals surface area (Å²) in [4.78, 5) is 0. The summed E-state index contributed by atoms with van der Waals surface area (Å²) in [6, 6.07) is 1.70. The predicted molar refractivity (Wildman–Crippen MR) is 102 cm³/mol. The van der Waals surface area contributed by atoms with Crippen molar-refractivity contribution < 1.29 is 9.13 Å². The van der Waals surface area contributed by atoms with Crippen molar-refractivity contribution in [2.45, 2.75) is 51.4 Å². The van der Waals surface area contributed by atoms with Gasteiger partial charge in [-0.2, -0.15) is 0 Å². The number of benzene rings is 1. The lowest BCUT2D eigenvalue weighted by Gasteiger charge is -2.22. The van der Waals surface area contributed by atoms with Crippen molar-refractivity contribution in [3.63, 3.8) is 0 Å². The summed E-state index contributed by atoms with van der Waals surface area (Å²) in [7, 11) is 5.57. The van der Waals surface area contributed by atoms with Gasteiger partial charge in [0.05, 0.1) is 12.6 Å². The Bertz CT molecular complexity index is 716. The normalized spacial score (nSPS) is 15.8. The van der Waals surface area contributed by atoms with Crippen molar-refractivity contribution >= 4 is 10.9 Å². The Kier molecular flexibility index (Phi) is 6.00. The number of aromatic nitrogens is 1. The SMILES string of the molecule is CNCCc1cn(C)c2c(F)cc(CCC3CCCCC3)c(OC)c12. The van der Waals surface area contributed by atoms with Crippen LogP contribution in [0.15, 0.2) is 12.3 Å². The van der Waals surface area contributed by atoms with E-state index in [1.807, 2.05) is 24.9 Å². The lowest BCUT2D eigenvalue weighted by Crippen LogP contribution is -2.10. The van der Waals surface area contributed by atoms with E-state index in [1.165, 1.54) is 32.1 Å². The first-order chi connectivity index (χ1) is 12.2. The molecule has 0 aliphatic heterocycles. The third-order valence-electron chi connectivity index (χ3n) is 5.70. The summed E-state index contributed by atoms with van der Waals surface area (Å²) in [5.41, 5.74) is 2.83. The Morgan fingerprint density at radius 3 is 2.64 bits per heavy atom. The molecule has 1 aliphatic rings. The fourth-order valence-corrected chi connectivity index (χ4v) is 4.38.